The van der Waals surface area contributed by atoms with Crippen molar-refractivity contribution in [1.82, 2.24) is 10.2 Å². The molecule has 0 radical (unpaired) electrons. The zero-order valence-corrected chi connectivity index (χ0v) is 12.0. The Balaban J connectivity index is 2.32. The summed E-state index contributed by atoms with van der Waals surface area (Å²) in [5.74, 6) is -0.0388. The van der Waals surface area contributed by atoms with Crippen molar-refractivity contribution in [3.63, 3.8) is 0 Å². The van der Waals surface area contributed by atoms with Crippen LogP contribution in [0.3, 0.4) is 0 Å². The van der Waals surface area contributed by atoms with Gasteiger partial charge >= 0.3 is 5.97 Å². The summed E-state index contributed by atoms with van der Waals surface area (Å²) in [7, 11) is 0. The summed E-state index contributed by atoms with van der Waals surface area (Å²) in [6.45, 7) is 10.4. The lowest BCUT2D eigenvalue weighted by Gasteiger charge is -2.32. The number of piperidine rings is 1. The zero-order valence-electron chi connectivity index (χ0n) is 11.2. The molecule has 0 amide bonds. The highest BCUT2D eigenvalue weighted by Crippen LogP contribution is 2.18. The molecule has 1 heterocycles. The monoisotopic (exact) mass is 270 g/mol. The Labute approximate surface area is 114 Å². The standard InChI is InChI=1S/C13H22N2O2S/c1-4-17-12(16)11-5-7-15(8-6-11)13(18)14-9-10(2)3/h11H,2,4-9H2,1,3H3,(H,14,18). The van der Waals surface area contributed by atoms with Gasteiger partial charge in [-0.25, -0.2) is 0 Å². The van der Waals surface area contributed by atoms with Crippen molar-refractivity contribution < 1.29 is 9.53 Å². The predicted molar refractivity (Wildman–Crippen MR) is 76.3 cm³/mol. The number of hydrogen-bond acceptors (Lipinski definition) is 3. The van der Waals surface area contributed by atoms with Crippen LogP contribution in [0.4, 0.5) is 0 Å². The second-order valence-electron chi connectivity index (χ2n) is 4.63. The van der Waals surface area contributed by atoms with Crippen molar-refractivity contribution in [1.29, 1.82) is 0 Å². The van der Waals surface area contributed by atoms with Crippen molar-refractivity contribution in [3.8, 4) is 0 Å². The number of carbonyl (C=O) groups is 1. The van der Waals surface area contributed by atoms with Crippen LogP contribution in [-0.2, 0) is 9.53 Å². The molecule has 1 rings (SSSR count). The van der Waals surface area contributed by atoms with Gasteiger partial charge in [-0.2, -0.15) is 0 Å². The number of esters is 1. The van der Waals surface area contributed by atoms with E-state index in [1.165, 1.54) is 0 Å². The van der Waals surface area contributed by atoms with Crippen LogP contribution < -0.4 is 5.32 Å². The highest BCUT2D eigenvalue weighted by Gasteiger charge is 2.26. The fourth-order valence-electron chi connectivity index (χ4n) is 1.92. The van der Waals surface area contributed by atoms with E-state index < -0.39 is 0 Å². The molecule has 4 nitrogen and oxygen atoms in total. The number of rotatable bonds is 4. The lowest BCUT2D eigenvalue weighted by molar-refractivity contribution is -0.149. The molecule has 1 aliphatic heterocycles. The van der Waals surface area contributed by atoms with Crippen LogP contribution in [0.15, 0.2) is 12.2 Å². The fraction of sp³-hybridized carbons (Fsp3) is 0.692. The number of nitrogens with one attached hydrogen (secondary N) is 1. The van der Waals surface area contributed by atoms with Gasteiger partial charge in [0.05, 0.1) is 12.5 Å². The van der Waals surface area contributed by atoms with E-state index in [1.807, 2.05) is 13.8 Å². The van der Waals surface area contributed by atoms with Crippen molar-refractivity contribution in [3.05, 3.63) is 12.2 Å². The van der Waals surface area contributed by atoms with E-state index in [0.29, 0.717) is 13.2 Å². The van der Waals surface area contributed by atoms with E-state index in [2.05, 4.69) is 16.8 Å². The molecule has 0 atom stereocenters. The van der Waals surface area contributed by atoms with Gasteiger partial charge in [-0.05, 0) is 38.9 Å². The summed E-state index contributed by atoms with van der Waals surface area (Å²) in [6.07, 6.45) is 1.63. The molecular weight excluding hydrogens is 248 g/mol. The van der Waals surface area contributed by atoms with Crippen molar-refractivity contribution >= 4 is 23.3 Å². The van der Waals surface area contributed by atoms with E-state index in [4.69, 9.17) is 17.0 Å². The van der Waals surface area contributed by atoms with Crippen LogP contribution >= 0.6 is 12.2 Å². The Bertz CT molecular complexity index is 323. The summed E-state index contributed by atoms with van der Waals surface area (Å²) in [4.78, 5) is 13.7. The van der Waals surface area contributed by atoms with Gasteiger partial charge in [0.1, 0.15) is 0 Å². The van der Waals surface area contributed by atoms with Crippen LogP contribution in [0, 0.1) is 5.92 Å². The van der Waals surface area contributed by atoms with Gasteiger partial charge in [-0.15, -0.1) is 0 Å². The minimum Gasteiger partial charge on any atom is -0.466 e. The molecule has 0 spiro atoms. The Morgan fingerprint density at radius 3 is 2.61 bits per heavy atom. The molecule has 1 saturated heterocycles. The second kappa shape index (κ2) is 7.36. The number of likely N-dealkylation sites (tertiary alicyclic amines) is 1. The second-order valence-corrected chi connectivity index (χ2v) is 5.02. The number of ether oxygens (including phenoxy) is 1. The number of carbonyl (C=O) groups excluding carboxylic acids is 1. The van der Waals surface area contributed by atoms with Crippen LogP contribution in [0.5, 0.6) is 0 Å². The number of thiocarbonyl (C=S) groups is 1. The van der Waals surface area contributed by atoms with Gasteiger partial charge in [0, 0.05) is 19.6 Å². The number of nitrogens with zero attached hydrogens (tertiary/aromatic N) is 1. The SMILES string of the molecule is C=C(C)CNC(=S)N1CCC(C(=O)OCC)CC1. The molecule has 1 aliphatic rings. The Morgan fingerprint density at radius 1 is 1.50 bits per heavy atom. The van der Waals surface area contributed by atoms with Gasteiger partial charge < -0.3 is 15.0 Å². The first kappa shape index (κ1) is 15.0. The topological polar surface area (TPSA) is 41.6 Å². The van der Waals surface area contributed by atoms with E-state index in [0.717, 1.165) is 36.6 Å². The molecule has 0 saturated carbocycles. The highest BCUT2D eigenvalue weighted by atomic mass is 32.1. The molecule has 5 heteroatoms. The average Bonchev–Trinajstić information content (AvgIpc) is 2.36. The largest absolute Gasteiger partial charge is 0.466 e. The quantitative estimate of drug-likeness (QED) is 0.478. The van der Waals surface area contributed by atoms with E-state index in [9.17, 15) is 4.79 Å². The summed E-state index contributed by atoms with van der Waals surface area (Å²) in [5.41, 5.74) is 1.05. The molecular formula is C13H22N2O2S. The number of hydrogen-bond donors (Lipinski definition) is 1. The van der Waals surface area contributed by atoms with Crippen molar-refractivity contribution in [2.45, 2.75) is 26.7 Å². The fourth-order valence-corrected chi connectivity index (χ4v) is 2.17. The third-order valence-electron chi connectivity index (χ3n) is 2.94. The van der Waals surface area contributed by atoms with E-state index in [-0.39, 0.29) is 11.9 Å². The van der Waals surface area contributed by atoms with Crippen LogP contribution in [0.25, 0.3) is 0 Å². The molecule has 0 unspecified atom stereocenters. The molecule has 0 aliphatic carbocycles. The van der Waals surface area contributed by atoms with E-state index >= 15 is 0 Å². The minimum absolute atomic E-state index is 0.0325. The molecule has 0 aromatic carbocycles. The van der Waals surface area contributed by atoms with Crippen molar-refractivity contribution in [2.75, 3.05) is 26.2 Å². The molecule has 0 bridgehead atoms. The average molecular weight is 270 g/mol. The maximum atomic E-state index is 11.6. The smallest absolute Gasteiger partial charge is 0.309 e. The summed E-state index contributed by atoms with van der Waals surface area (Å²) in [6, 6.07) is 0. The van der Waals surface area contributed by atoms with Crippen LogP contribution in [-0.4, -0.2) is 42.2 Å². The Hall–Kier alpha value is -1.10. The minimum atomic E-state index is -0.0713. The third-order valence-corrected chi connectivity index (χ3v) is 3.35. The maximum Gasteiger partial charge on any atom is 0.309 e. The molecule has 0 aromatic heterocycles. The van der Waals surface area contributed by atoms with Gasteiger partial charge in [0.15, 0.2) is 5.11 Å². The first-order valence-corrected chi connectivity index (χ1v) is 6.79. The molecule has 1 fully saturated rings. The summed E-state index contributed by atoms with van der Waals surface area (Å²) >= 11 is 5.31. The highest BCUT2D eigenvalue weighted by molar-refractivity contribution is 7.80. The zero-order chi connectivity index (χ0) is 13.5. The van der Waals surface area contributed by atoms with Crippen molar-refractivity contribution in [2.24, 2.45) is 5.92 Å². The van der Waals surface area contributed by atoms with Gasteiger partial charge in [-0.3, -0.25) is 4.79 Å². The third kappa shape index (κ3) is 4.64. The molecule has 102 valence electrons. The van der Waals surface area contributed by atoms with Gasteiger partial charge in [0.25, 0.3) is 0 Å². The van der Waals surface area contributed by atoms with Gasteiger partial charge in [0.2, 0.25) is 0 Å². The summed E-state index contributed by atoms with van der Waals surface area (Å²) < 4.78 is 5.04. The van der Waals surface area contributed by atoms with Gasteiger partial charge in [-0.1, -0.05) is 12.2 Å². The lowest BCUT2D eigenvalue weighted by Crippen LogP contribution is -2.45. The molecule has 0 aromatic rings. The predicted octanol–water partition coefficient (Wildman–Crippen LogP) is 1.71. The summed E-state index contributed by atoms with van der Waals surface area (Å²) in [5, 5.41) is 3.91. The first-order chi connectivity index (χ1) is 8.54. The van der Waals surface area contributed by atoms with Crippen LogP contribution in [0.1, 0.15) is 26.7 Å². The Morgan fingerprint density at radius 2 is 2.11 bits per heavy atom. The normalized spacial score (nSPS) is 16.2. The van der Waals surface area contributed by atoms with Crippen LogP contribution in [0.2, 0.25) is 0 Å². The maximum absolute atomic E-state index is 11.6. The first-order valence-electron chi connectivity index (χ1n) is 6.38. The Kier molecular flexibility index (Phi) is 6.12. The lowest BCUT2D eigenvalue weighted by atomic mass is 9.97. The molecule has 1 N–H and O–H groups in total. The molecule has 18 heavy (non-hydrogen) atoms. The van der Waals surface area contributed by atoms with E-state index in [1.54, 1.807) is 0 Å².